The Hall–Kier alpha value is -1.75. The molecule has 5 heteroatoms. The van der Waals surface area contributed by atoms with Crippen molar-refractivity contribution in [2.75, 3.05) is 0 Å². The minimum atomic E-state index is -0.631. The third-order valence-electron chi connectivity index (χ3n) is 2.73. The first-order valence-corrected chi connectivity index (χ1v) is 5.84. The Labute approximate surface area is 104 Å². The van der Waals surface area contributed by atoms with Gasteiger partial charge in [-0.15, -0.1) is 0 Å². The van der Waals surface area contributed by atoms with Crippen LogP contribution in [0.1, 0.15) is 30.8 Å². The number of hydrogen-bond donors (Lipinski definition) is 1. The van der Waals surface area contributed by atoms with Gasteiger partial charge in [-0.1, -0.05) is 6.92 Å². The second-order valence-electron chi connectivity index (χ2n) is 4.16. The van der Waals surface area contributed by atoms with Gasteiger partial charge >= 0.3 is 0 Å². The minimum absolute atomic E-state index is 0.385. The van der Waals surface area contributed by atoms with Crippen LogP contribution in [-0.2, 0) is 6.54 Å². The second-order valence-corrected chi connectivity index (χ2v) is 4.16. The molecule has 0 bridgehead atoms. The lowest BCUT2D eigenvalue weighted by Crippen LogP contribution is -2.18. The van der Waals surface area contributed by atoms with Gasteiger partial charge in [-0.25, -0.2) is 13.8 Å². The van der Waals surface area contributed by atoms with Gasteiger partial charge in [-0.2, -0.15) is 0 Å². The molecule has 1 heterocycles. The van der Waals surface area contributed by atoms with Crippen molar-refractivity contribution in [1.82, 2.24) is 9.55 Å². The zero-order valence-corrected chi connectivity index (χ0v) is 10.1. The highest BCUT2D eigenvalue weighted by Gasteiger charge is 2.16. The summed E-state index contributed by atoms with van der Waals surface area (Å²) in [5.74, 6) is -0.648. The molecular weight excluding hydrogens is 236 g/mol. The first-order valence-electron chi connectivity index (χ1n) is 5.84. The maximum absolute atomic E-state index is 13.2. The van der Waals surface area contributed by atoms with E-state index in [9.17, 15) is 8.78 Å². The number of imidazole rings is 1. The maximum Gasteiger partial charge on any atom is 0.130 e. The van der Waals surface area contributed by atoms with Gasteiger partial charge in [-0.3, -0.25) is 0 Å². The van der Waals surface area contributed by atoms with E-state index >= 15 is 0 Å². The first-order chi connectivity index (χ1) is 8.61. The molecule has 18 heavy (non-hydrogen) atoms. The van der Waals surface area contributed by atoms with Crippen LogP contribution in [0, 0.1) is 11.6 Å². The lowest BCUT2D eigenvalue weighted by molar-refractivity contribution is 0.570. The molecule has 0 fully saturated rings. The predicted octanol–water partition coefficient (Wildman–Crippen LogP) is 2.62. The number of halogens is 2. The molecule has 2 rings (SSSR count). The largest absolute Gasteiger partial charge is 0.333 e. The van der Waals surface area contributed by atoms with Gasteiger partial charge in [0.2, 0.25) is 0 Å². The highest BCUT2D eigenvalue weighted by atomic mass is 19.1. The van der Waals surface area contributed by atoms with Crippen LogP contribution in [-0.4, -0.2) is 9.55 Å². The molecule has 0 saturated heterocycles. The minimum Gasteiger partial charge on any atom is -0.333 e. The van der Waals surface area contributed by atoms with Crippen molar-refractivity contribution < 1.29 is 8.78 Å². The fourth-order valence-corrected chi connectivity index (χ4v) is 1.93. The van der Waals surface area contributed by atoms with Gasteiger partial charge in [0, 0.05) is 25.0 Å². The maximum atomic E-state index is 13.2. The number of hydrogen-bond acceptors (Lipinski definition) is 2. The van der Waals surface area contributed by atoms with Crippen molar-refractivity contribution in [2.45, 2.75) is 25.9 Å². The Bertz CT molecular complexity index is 517. The molecule has 2 N–H and O–H groups in total. The van der Waals surface area contributed by atoms with E-state index in [2.05, 4.69) is 4.98 Å². The van der Waals surface area contributed by atoms with E-state index in [4.69, 9.17) is 5.73 Å². The van der Waals surface area contributed by atoms with Gasteiger partial charge in [0.25, 0.3) is 0 Å². The molecule has 1 aromatic heterocycles. The summed E-state index contributed by atoms with van der Waals surface area (Å²) in [6.45, 7) is 2.82. The highest BCUT2D eigenvalue weighted by Crippen LogP contribution is 2.20. The van der Waals surface area contributed by atoms with Gasteiger partial charge in [0.05, 0.1) is 6.04 Å². The summed E-state index contributed by atoms with van der Waals surface area (Å²) in [6, 6.07) is 2.67. The highest BCUT2D eigenvalue weighted by molar-refractivity contribution is 5.26. The summed E-state index contributed by atoms with van der Waals surface area (Å²) in [4.78, 5) is 4.16. The Kier molecular flexibility index (Phi) is 3.72. The van der Waals surface area contributed by atoms with E-state index in [1.165, 1.54) is 12.1 Å². The van der Waals surface area contributed by atoms with Crippen LogP contribution in [0.5, 0.6) is 0 Å². The van der Waals surface area contributed by atoms with Crippen LogP contribution in [0.15, 0.2) is 30.6 Å². The molecule has 1 unspecified atom stereocenters. The lowest BCUT2D eigenvalue weighted by Gasteiger charge is -2.14. The average molecular weight is 251 g/mol. The van der Waals surface area contributed by atoms with Crippen molar-refractivity contribution in [2.24, 2.45) is 5.73 Å². The van der Waals surface area contributed by atoms with E-state index in [1.807, 2.05) is 17.7 Å². The zero-order chi connectivity index (χ0) is 13.1. The van der Waals surface area contributed by atoms with E-state index in [-0.39, 0.29) is 0 Å². The number of aryl methyl sites for hydroxylation is 1. The Balaban J connectivity index is 2.34. The smallest absolute Gasteiger partial charge is 0.130 e. The fourth-order valence-electron chi connectivity index (χ4n) is 1.93. The summed E-state index contributed by atoms with van der Waals surface area (Å²) < 4.78 is 28.2. The van der Waals surface area contributed by atoms with E-state index in [0.717, 1.165) is 19.0 Å². The Morgan fingerprint density at radius 1 is 1.28 bits per heavy atom. The number of aromatic nitrogens is 2. The Morgan fingerprint density at radius 3 is 2.56 bits per heavy atom. The average Bonchev–Trinajstić information content (AvgIpc) is 2.75. The molecule has 0 aliphatic carbocycles. The van der Waals surface area contributed by atoms with Gasteiger partial charge in [0.15, 0.2) is 0 Å². The second kappa shape index (κ2) is 5.27. The monoisotopic (exact) mass is 251 g/mol. The molecule has 0 aliphatic rings. The predicted molar refractivity (Wildman–Crippen MR) is 64.9 cm³/mol. The van der Waals surface area contributed by atoms with Crippen LogP contribution in [0.3, 0.4) is 0 Å². The van der Waals surface area contributed by atoms with E-state index in [1.54, 1.807) is 6.20 Å². The molecule has 0 saturated carbocycles. The number of nitrogens with two attached hydrogens (primary N) is 1. The summed E-state index contributed by atoms with van der Waals surface area (Å²) in [6.07, 6.45) is 4.39. The van der Waals surface area contributed by atoms with Crippen molar-refractivity contribution in [1.29, 1.82) is 0 Å². The molecule has 1 aromatic carbocycles. The van der Waals surface area contributed by atoms with Crippen molar-refractivity contribution in [3.63, 3.8) is 0 Å². The molecular formula is C13H15F2N3. The van der Waals surface area contributed by atoms with Crippen molar-refractivity contribution in [3.05, 3.63) is 53.6 Å². The SMILES string of the molecule is CCCn1ccnc1C(N)c1cc(F)cc(F)c1. The molecule has 3 nitrogen and oxygen atoms in total. The third-order valence-corrected chi connectivity index (χ3v) is 2.73. The summed E-state index contributed by atoms with van der Waals surface area (Å²) in [5, 5.41) is 0. The summed E-state index contributed by atoms with van der Waals surface area (Å²) in [5.41, 5.74) is 6.40. The molecule has 0 radical (unpaired) electrons. The lowest BCUT2D eigenvalue weighted by atomic mass is 10.1. The quantitative estimate of drug-likeness (QED) is 0.907. The molecule has 0 aliphatic heterocycles. The van der Waals surface area contributed by atoms with Gasteiger partial charge < -0.3 is 10.3 Å². The number of nitrogens with zero attached hydrogens (tertiary/aromatic N) is 2. The molecule has 2 aromatic rings. The van der Waals surface area contributed by atoms with Crippen LogP contribution >= 0.6 is 0 Å². The summed E-state index contributed by atoms with van der Waals surface area (Å²) in [7, 11) is 0. The van der Waals surface area contributed by atoms with Crippen LogP contribution in [0.4, 0.5) is 8.78 Å². The number of rotatable bonds is 4. The van der Waals surface area contributed by atoms with Crippen molar-refractivity contribution >= 4 is 0 Å². The molecule has 0 amide bonds. The first kappa shape index (κ1) is 12.7. The Morgan fingerprint density at radius 2 is 1.94 bits per heavy atom. The topological polar surface area (TPSA) is 43.8 Å². The van der Waals surface area contributed by atoms with Crippen LogP contribution in [0.2, 0.25) is 0 Å². The van der Waals surface area contributed by atoms with Gasteiger partial charge in [0.1, 0.15) is 17.5 Å². The fraction of sp³-hybridized carbons (Fsp3) is 0.308. The van der Waals surface area contributed by atoms with Crippen LogP contribution in [0.25, 0.3) is 0 Å². The van der Waals surface area contributed by atoms with E-state index in [0.29, 0.717) is 11.4 Å². The molecule has 0 spiro atoms. The normalized spacial score (nSPS) is 12.7. The van der Waals surface area contributed by atoms with E-state index < -0.39 is 17.7 Å². The molecule has 1 atom stereocenters. The zero-order valence-electron chi connectivity index (χ0n) is 10.1. The third kappa shape index (κ3) is 2.56. The standard InChI is InChI=1S/C13H15F2N3/c1-2-4-18-5-3-17-13(18)12(16)9-6-10(14)8-11(15)7-9/h3,5-8,12H,2,4,16H2,1H3. The summed E-state index contributed by atoms with van der Waals surface area (Å²) >= 11 is 0. The van der Waals surface area contributed by atoms with Gasteiger partial charge in [-0.05, 0) is 24.1 Å². The number of benzene rings is 1. The molecule has 96 valence electrons. The van der Waals surface area contributed by atoms with Crippen molar-refractivity contribution in [3.8, 4) is 0 Å². The van der Waals surface area contributed by atoms with Crippen LogP contribution < -0.4 is 5.73 Å².